The Morgan fingerprint density at radius 1 is 1.17 bits per heavy atom. The number of likely N-dealkylation sites (N-methyl/N-ethyl adjacent to an activating group) is 2. The predicted octanol–water partition coefficient (Wildman–Crippen LogP) is 2.96. The fourth-order valence-electron chi connectivity index (χ4n) is 3.62. The Labute approximate surface area is 112 Å². The molecular weight excluding hydrogens is 222 g/mol. The molecule has 3 heteroatoms. The van der Waals surface area contributed by atoms with Gasteiger partial charge >= 0.3 is 0 Å². The average Bonchev–Trinajstić information content (AvgIpc) is 2.86. The van der Waals surface area contributed by atoms with Gasteiger partial charge in [0.05, 0.1) is 5.84 Å². The van der Waals surface area contributed by atoms with Gasteiger partial charge in [-0.15, -0.1) is 0 Å². The van der Waals surface area contributed by atoms with E-state index >= 15 is 0 Å². The van der Waals surface area contributed by atoms with Crippen LogP contribution in [0.25, 0.3) is 0 Å². The van der Waals surface area contributed by atoms with Gasteiger partial charge < -0.3 is 4.90 Å². The molecule has 0 bridgehead atoms. The van der Waals surface area contributed by atoms with Crippen molar-refractivity contribution in [1.29, 1.82) is 5.41 Å². The number of nitrogens with one attached hydrogen (secondary N) is 1. The third kappa shape index (κ3) is 3.25. The zero-order valence-corrected chi connectivity index (χ0v) is 12.1. The van der Waals surface area contributed by atoms with Crippen LogP contribution in [-0.4, -0.2) is 48.4 Å². The van der Waals surface area contributed by atoms with E-state index in [1.165, 1.54) is 51.5 Å². The van der Waals surface area contributed by atoms with Crippen LogP contribution in [0.5, 0.6) is 0 Å². The normalized spacial score (nSPS) is 26.4. The summed E-state index contributed by atoms with van der Waals surface area (Å²) in [4.78, 5) is 4.80. The van der Waals surface area contributed by atoms with Crippen LogP contribution in [0, 0.1) is 11.3 Å². The molecule has 0 aromatic heterocycles. The second kappa shape index (κ2) is 6.55. The SMILES string of the molecule is CCN1CCCC1CN(C)C(=N)C1CCCCC1. The lowest BCUT2D eigenvalue weighted by atomic mass is 9.88. The third-order valence-corrected chi connectivity index (χ3v) is 4.79. The standard InChI is InChI=1S/C15H29N3/c1-3-18-11-7-10-14(18)12-17(2)15(16)13-8-5-4-6-9-13/h13-14,16H,3-12H2,1-2H3. The second-order valence-corrected chi connectivity index (χ2v) is 6.03. The van der Waals surface area contributed by atoms with Crippen molar-refractivity contribution in [3.05, 3.63) is 0 Å². The highest BCUT2D eigenvalue weighted by atomic mass is 15.2. The monoisotopic (exact) mass is 251 g/mol. The zero-order chi connectivity index (χ0) is 13.0. The summed E-state index contributed by atoms with van der Waals surface area (Å²) in [6, 6.07) is 0.684. The first-order chi connectivity index (χ1) is 8.72. The highest BCUT2D eigenvalue weighted by molar-refractivity contribution is 5.81. The van der Waals surface area contributed by atoms with Gasteiger partial charge in [-0.1, -0.05) is 26.2 Å². The molecule has 1 saturated heterocycles. The van der Waals surface area contributed by atoms with Gasteiger partial charge in [0.25, 0.3) is 0 Å². The minimum absolute atomic E-state index is 0.542. The molecular formula is C15H29N3. The topological polar surface area (TPSA) is 30.3 Å². The molecule has 18 heavy (non-hydrogen) atoms. The zero-order valence-electron chi connectivity index (χ0n) is 12.1. The number of nitrogens with zero attached hydrogens (tertiary/aromatic N) is 2. The first-order valence-corrected chi connectivity index (χ1v) is 7.76. The molecule has 3 nitrogen and oxygen atoms in total. The molecule has 0 aromatic rings. The molecule has 1 N–H and O–H groups in total. The Balaban J connectivity index is 1.82. The van der Waals surface area contributed by atoms with Crippen molar-refractivity contribution in [1.82, 2.24) is 9.80 Å². The second-order valence-electron chi connectivity index (χ2n) is 6.03. The molecule has 0 aromatic carbocycles. The summed E-state index contributed by atoms with van der Waals surface area (Å²) >= 11 is 0. The molecule has 2 rings (SSSR count). The summed E-state index contributed by atoms with van der Waals surface area (Å²) in [7, 11) is 2.13. The van der Waals surface area contributed by atoms with Gasteiger partial charge in [-0.3, -0.25) is 10.3 Å². The van der Waals surface area contributed by atoms with E-state index < -0.39 is 0 Å². The van der Waals surface area contributed by atoms with Crippen LogP contribution in [0.1, 0.15) is 51.9 Å². The van der Waals surface area contributed by atoms with Gasteiger partial charge in [0.2, 0.25) is 0 Å². The van der Waals surface area contributed by atoms with Gasteiger partial charge in [0, 0.05) is 25.6 Å². The molecule has 1 aliphatic heterocycles. The lowest BCUT2D eigenvalue weighted by Crippen LogP contribution is -2.43. The Hall–Kier alpha value is -0.570. The van der Waals surface area contributed by atoms with Gasteiger partial charge in [-0.05, 0) is 38.8 Å². The van der Waals surface area contributed by atoms with Gasteiger partial charge in [0.15, 0.2) is 0 Å². The van der Waals surface area contributed by atoms with E-state index in [2.05, 4.69) is 23.8 Å². The van der Waals surface area contributed by atoms with Crippen LogP contribution < -0.4 is 0 Å². The number of likely N-dealkylation sites (tertiary alicyclic amines) is 1. The molecule has 0 amide bonds. The van der Waals surface area contributed by atoms with E-state index in [1.54, 1.807) is 0 Å². The first kappa shape index (κ1) is 13.9. The van der Waals surface area contributed by atoms with Crippen LogP contribution in [0.3, 0.4) is 0 Å². The lowest BCUT2D eigenvalue weighted by Gasteiger charge is -2.33. The largest absolute Gasteiger partial charge is 0.362 e. The summed E-state index contributed by atoms with van der Waals surface area (Å²) in [6.07, 6.45) is 9.16. The van der Waals surface area contributed by atoms with Crippen LogP contribution in [-0.2, 0) is 0 Å². The fraction of sp³-hybridized carbons (Fsp3) is 0.933. The Morgan fingerprint density at radius 3 is 2.56 bits per heavy atom. The van der Waals surface area contributed by atoms with E-state index in [0.29, 0.717) is 12.0 Å². The van der Waals surface area contributed by atoms with Crippen LogP contribution in [0.15, 0.2) is 0 Å². The molecule has 1 heterocycles. The molecule has 1 aliphatic carbocycles. The lowest BCUT2D eigenvalue weighted by molar-refractivity contribution is 0.229. The quantitative estimate of drug-likeness (QED) is 0.615. The van der Waals surface area contributed by atoms with Crippen LogP contribution >= 0.6 is 0 Å². The first-order valence-electron chi connectivity index (χ1n) is 7.76. The molecule has 2 aliphatic rings. The number of rotatable bonds is 4. The minimum Gasteiger partial charge on any atom is -0.362 e. The van der Waals surface area contributed by atoms with Crippen molar-refractivity contribution in [2.75, 3.05) is 26.7 Å². The van der Waals surface area contributed by atoms with E-state index in [4.69, 9.17) is 5.41 Å². The van der Waals surface area contributed by atoms with E-state index in [0.717, 1.165) is 18.9 Å². The molecule has 1 saturated carbocycles. The Kier molecular flexibility index (Phi) is 5.04. The molecule has 2 fully saturated rings. The summed E-state index contributed by atoms with van der Waals surface area (Å²) in [5, 5.41) is 8.38. The predicted molar refractivity (Wildman–Crippen MR) is 77.2 cm³/mol. The molecule has 0 spiro atoms. The van der Waals surface area contributed by atoms with Crippen molar-refractivity contribution in [2.24, 2.45) is 5.92 Å². The summed E-state index contributed by atoms with van der Waals surface area (Å²) < 4.78 is 0. The Morgan fingerprint density at radius 2 is 1.89 bits per heavy atom. The molecule has 1 atom stereocenters. The average molecular weight is 251 g/mol. The summed E-state index contributed by atoms with van der Waals surface area (Å²) in [5.74, 6) is 1.44. The highest BCUT2D eigenvalue weighted by Crippen LogP contribution is 2.26. The van der Waals surface area contributed by atoms with Crippen molar-refractivity contribution < 1.29 is 0 Å². The maximum Gasteiger partial charge on any atom is 0.0987 e. The smallest absolute Gasteiger partial charge is 0.0987 e. The highest BCUT2D eigenvalue weighted by Gasteiger charge is 2.27. The molecule has 104 valence electrons. The van der Waals surface area contributed by atoms with E-state index in [-0.39, 0.29) is 0 Å². The maximum absolute atomic E-state index is 8.38. The maximum atomic E-state index is 8.38. The van der Waals surface area contributed by atoms with Gasteiger partial charge in [-0.2, -0.15) is 0 Å². The number of hydrogen-bond donors (Lipinski definition) is 1. The van der Waals surface area contributed by atoms with Crippen molar-refractivity contribution in [3.63, 3.8) is 0 Å². The van der Waals surface area contributed by atoms with Crippen molar-refractivity contribution in [3.8, 4) is 0 Å². The van der Waals surface area contributed by atoms with Crippen molar-refractivity contribution in [2.45, 2.75) is 57.9 Å². The fourth-order valence-corrected chi connectivity index (χ4v) is 3.62. The summed E-state index contributed by atoms with van der Waals surface area (Å²) in [6.45, 7) is 5.73. The third-order valence-electron chi connectivity index (χ3n) is 4.79. The van der Waals surface area contributed by atoms with Gasteiger partial charge in [0.1, 0.15) is 0 Å². The van der Waals surface area contributed by atoms with Crippen molar-refractivity contribution >= 4 is 5.84 Å². The minimum atomic E-state index is 0.542. The number of amidine groups is 1. The molecule has 1 unspecified atom stereocenters. The Bertz CT molecular complexity index is 271. The molecule has 0 radical (unpaired) electrons. The van der Waals surface area contributed by atoms with Gasteiger partial charge in [-0.25, -0.2) is 0 Å². The number of hydrogen-bond acceptors (Lipinski definition) is 2. The van der Waals surface area contributed by atoms with Crippen LogP contribution in [0.4, 0.5) is 0 Å². The van der Waals surface area contributed by atoms with E-state index in [9.17, 15) is 0 Å². The van der Waals surface area contributed by atoms with E-state index in [1.807, 2.05) is 0 Å². The van der Waals surface area contributed by atoms with Crippen LogP contribution in [0.2, 0.25) is 0 Å². The summed E-state index contributed by atoms with van der Waals surface area (Å²) in [5.41, 5.74) is 0.